The van der Waals surface area contributed by atoms with Crippen molar-refractivity contribution in [1.29, 1.82) is 0 Å². The van der Waals surface area contributed by atoms with Gasteiger partial charge < -0.3 is 4.90 Å². The Labute approximate surface area is 63.2 Å². The molecule has 54 valence electrons. The van der Waals surface area contributed by atoms with E-state index >= 15 is 0 Å². The van der Waals surface area contributed by atoms with Crippen LogP contribution in [0, 0.1) is 0 Å². The fourth-order valence-electron chi connectivity index (χ4n) is 0.458. The van der Waals surface area contributed by atoms with Gasteiger partial charge in [0, 0.05) is 12.3 Å². The van der Waals surface area contributed by atoms with Crippen LogP contribution in [0.1, 0.15) is 6.92 Å². The van der Waals surface area contributed by atoms with Gasteiger partial charge in [-0.1, -0.05) is 19.1 Å². The van der Waals surface area contributed by atoms with Crippen LogP contribution in [0.2, 0.25) is 0 Å². The summed E-state index contributed by atoms with van der Waals surface area (Å²) in [6.07, 6.45) is 4.20. The van der Waals surface area contributed by atoms with E-state index < -0.39 is 0 Å². The van der Waals surface area contributed by atoms with E-state index in [2.05, 4.69) is 43.7 Å². The maximum Gasteiger partial charge on any atom is 0.0160 e. The molecule has 0 radical (unpaired) electrons. The van der Waals surface area contributed by atoms with E-state index in [4.69, 9.17) is 0 Å². The van der Waals surface area contributed by atoms with Gasteiger partial charge in [-0.3, -0.25) is 0 Å². The Balaban J connectivity index is 3.15. The molecule has 0 atom stereocenters. The predicted molar refractivity (Wildman–Crippen MR) is 46.2 cm³/mol. The smallest absolute Gasteiger partial charge is 0.0160 e. The lowest BCUT2D eigenvalue weighted by molar-refractivity contribution is 0.392. The van der Waals surface area contributed by atoms with Gasteiger partial charge in [0.25, 0.3) is 0 Å². The minimum atomic E-state index is 0.845. The highest BCUT2D eigenvalue weighted by molar-refractivity contribution is 7.80. The van der Waals surface area contributed by atoms with Crippen LogP contribution in [-0.4, -0.2) is 30.8 Å². The Morgan fingerprint density at radius 3 is 2.56 bits per heavy atom. The van der Waals surface area contributed by atoms with E-state index in [1.165, 1.54) is 0 Å². The van der Waals surface area contributed by atoms with Crippen LogP contribution in [0.4, 0.5) is 0 Å². The number of likely N-dealkylation sites (N-methyl/N-ethyl adjacent to an activating group) is 1. The quantitative estimate of drug-likeness (QED) is 0.462. The second-order valence-electron chi connectivity index (χ2n) is 2.01. The van der Waals surface area contributed by atoms with E-state index in [0.717, 1.165) is 18.8 Å². The van der Waals surface area contributed by atoms with Crippen LogP contribution in [-0.2, 0) is 0 Å². The van der Waals surface area contributed by atoms with Crippen molar-refractivity contribution < 1.29 is 0 Å². The zero-order valence-electron chi connectivity index (χ0n) is 6.17. The van der Waals surface area contributed by atoms with Crippen LogP contribution >= 0.6 is 12.6 Å². The van der Waals surface area contributed by atoms with Crippen molar-refractivity contribution in [1.82, 2.24) is 4.90 Å². The molecular weight excluding hydrogens is 130 g/mol. The van der Waals surface area contributed by atoms with Crippen LogP contribution in [0.25, 0.3) is 0 Å². The van der Waals surface area contributed by atoms with Crippen LogP contribution < -0.4 is 0 Å². The first-order valence-electron chi connectivity index (χ1n) is 3.25. The Hall–Kier alpha value is 0.0500. The van der Waals surface area contributed by atoms with Crippen molar-refractivity contribution in [3.8, 4) is 0 Å². The summed E-state index contributed by atoms with van der Waals surface area (Å²) < 4.78 is 0. The lowest BCUT2D eigenvalue weighted by Gasteiger charge is -2.08. The summed E-state index contributed by atoms with van der Waals surface area (Å²) in [5.41, 5.74) is 0. The number of rotatable bonds is 4. The summed E-state index contributed by atoms with van der Waals surface area (Å²) in [6.45, 7) is 4.29. The van der Waals surface area contributed by atoms with Crippen LogP contribution in [0.15, 0.2) is 12.2 Å². The summed E-state index contributed by atoms with van der Waals surface area (Å²) in [4.78, 5) is 2.24. The maximum absolute atomic E-state index is 4.05. The Bertz CT molecular complexity index is 81.0. The molecule has 9 heavy (non-hydrogen) atoms. The Kier molecular flexibility index (Phi) is 6.21. The largest absolute Gasteiger partial charge is 0.303 e. The summed E-state index contributed by atoms with van der Waals surface area (Å²) in [7, 11) is 2.10. The lowest BCUT2D eigenvalue weighted by atomic mass is 10.5. The molecule has 0 amide bonds. The van der Waals surface area contributed by atoms with E-state index in [-0.39, 0.29) is 0 Å². The van der Waals surface area contributed by atoms with Gasteiger partial charge in [0.2, 0.25) is 0 Å². The number of nitrogens with zero attached hydrogens (tertiary/aromatic N) is 1. The first kappa shape index (κ1) is 9.05. The van der Waals surface area contributed by atoms with Gasteiger partial charge in [0.05, 0.1) is 0 Å². The van der Waals surface area contributed by atoms with Gasteiger partial charge in [-0.2, -0.15) is 12.6 Å². The van der Waals surface area contributed by atoms with Crippen molar-refractivity contribution >= 4 is 12.6 Å². The molecule has 1 nitrogen and oxygen atoms in total. The molecular formula is C7H15NS. The summed E-state index contributed by atoms with van der Waals surface area (Å²) in [5.74, 6) is 0.845. The molecule has 0 aromatic rings. The fraction of sp³-hybridized carbons (Fsp3) is 0.714. The molecule has 0 heterocycles. The molecule has 0 aromatic carbocycles. The second kappa shape index (κ2) is 6.17. The van der Waals surface area contributed by atoms with Crippen molar-refractivity contribution in [2.24, 2.45) is 0 Å². The maximum atomic E-state index is 4.05. The molecule has 0 N–H and O–H groups in total. The first-order valence-corrected chi connectivity index (χ1v) is 3.89. The molecule has 0 spiro atoms. The van der Waals surface area contributed by atoms with Gasteiger partial charge in [-0.15, -0.1) is 0 Å². The Morgan fingerprint density at radius 1 is 1.44 bits per heavy atom. The molecule has 0 aromatic heterocycles. The molecule has 0 fully saturated rings. The van der Waals surface area contributed by atoms with Crippen molar-refractivity contribution in [2.75, 3.05) is 25.9 Å². The minimum absolute atomic E-state index is 0.845. The van der Waals surface area contributed by atoms with Crippen LogP contribution in [0.3, 0.4) is 0 Å². The second-order valence-corrected chi connectivity index (χ2v) is 2.37. The Morgan fingerprint density at radius 2 is 2.11 bits per heavy atom. The van der Waals surface area contributed by atoms with E-state index in [1.54, 1.807) is 0 Å². The van der Waals surface area contributed by atoms with Crippen molar-refractivity contribution in [3.05, 3.63) is 12.2 Å². The third-order valence-electron chi connectivity index (χ3n) is 1.23. The fourth-order valence-corrected chi connectivity index (χ4v) is 0.607. The monoisotopic (exact) mass is 145 g/mol. The van der Waals surface area contributed by atoms with E-state index in [9.17, 15) is 0 Å². The molecule has 0 saturated carbocycles. The molecule has 0 bridgehead atoms. The van der Waals surface area contributed by atoms with Crippen molar-refractivity contribution in [3.63, 3.8) is 0 Å². The number of thiol groups is 1. The third kappa shape index (κ3) is 5.93. The highest BCUT2D eigenvalue weighted by Gasteiger charge is 1.85. The molecule has 0 unspecified atom stereocenters. The average Bonchev–Trinajstić information content (AvgIpc) is 1.89. The van der Waals surface area contributed by atoms with Crippen molar-refractivity contribution in [2.45, 2.75) is 6.92 Å². The first-order chi connectivity index (χ1) is 4.31. The average molecular weight is 145 g/mol. The summed E-state index contributed by atoms with van der Waals surface area (Å²) >= 11 is 4.05. The molecule has 0 aliphatic heterocycles. The molecule has 0 aliphatic rings. The molecule has 0 saturated heterocycles. The van der Waals surface area contributed by atoms with Gasteiger partial charge in [0.1, 0.15) is 0 Å². The highest BCUT2D eigenvalue weighted by atomic mass is 32.1. The SMILES string of the molecule is CCN(C)C/C=C/CS. The van der Waals surface area contributed by atoms with Gasteiger partial charge in [-0.25, -0.2) is 0 Å². The molecule has 0 rings (SSSR count). The zero-order chi connectivity index (χ0) is 7.11. The van der Waals surface area contributed by atoms with Crippen LogP contribution in [0.5, 0.6) is 0 Å². The normalized spacial score (nSPS) is 11.6. The van der Waals surface area contributed by atoms with E-state index in [1.807, 2.05) is 0 Å². The third-order valence-corrected chi connectivity index (χ3v) is 1.44. The van der Waals surface area contributed by atoms with Gasteiger partial charge >= 0.3 is 0 Å². The summed E-state index contributed by atoms with van der Waals surface area (Å²) in [6, 6.07) is 0. The van der Waals surface area contributed by atoms with Gasteiger partial charge in [0.15, 0.2) is 0 Å². The molecule has 0 aliphatic carbocycles. The number of hydrogen-bond acceptors (Lipinski definition) is 2. The van der Waals surface area contributed by atoms with Gasteiger partial charge in [-0.05, 0) is 13.6 Å². The van der Waals surface area contributed by atoms with E-state index in [0.29, 0.717) is 0 Å². The molecule has 2 heteroatoms. The predicted octanol–water partition coefficient (Wildman–Crippen LogP) is 1.42. The highest BCUT2D eigenvalue weighted by Crippen LogP contribution is 1.82. The zero-order valence-corrected chi connectivity index (χ0v) is 7.06. The minimum Gasteiger partial charge on any atom is -0.303 e. The lowest BCUT2D eigenvalue weighted by Crippen LogP contribution is -2.16. The summed E-state index contributed by atoms with van der Waals surface area (Å²) in [5, 5.41) is 0. The standard InChI is InChI=1S/C7H15NS/c1-3-8(2)6-4-5-7-9/h4-5,9H,3,6-7H2,1-2H3/b5-4+. The topological polar surface area (TPSA) is 3.24 Å². The number of hydrogen-bond donors (Lipinski definition) is 1.